The molecule has 0 heterocycles. The van der Waals surface area contributed by atoms with Crippen molar-refractivity contribution in [1.82, 2.24) is 0 Å². The molecule has 0 aromatic carbocycles. The minimum atomic E-state index is 0.406. The van der Waals surface area contributed by atoms with Crippen LogP contribution < -0.4 is 0 Å². The zero-order chi connectivity index (χ0) is 17.9. The fourth-order valence-electron chi connectivity index (χ4n) is 3.42. The van der Waals surface area contributed by atoms with Gasteiger partial charge >= 0.3 is 0 Å². The first kappa shape index (κ1) is 23.7. The Kier molecular flexibility index (Phi) is 17.4. The van der Waals surface area contributed by atoms with Crippen molar-refractivity contribution in [3.63, 3.8) is 0 Å². The Morgan fingerprint density at radius 1 is 0.542 bits per heavy atom. The molecule has 0 heteroatoms. The summed E-state index contributed by atoms with van der Waals surface area (Å²) in [5.41, 5.74) is 0.406. The van der Waals surface area contributed by atoms with Crippen LogP contribution in [0.2, 0.25) is 0 Å². The monoisotopic (exact) mass is 336 g/mol. The van der Waals surface area contributed by atoms with E-state index in [0.717, 1.165) is 0 Å². The van der Waals surface area contributed by atoms with E-state index in [-0.39, 0.29) is 0 Å². The summed E-state index contributed by atoms with van der Waals surface area (Å²) in [6.45, 7) is 9.41. The lowest BCUT2D eigenvalue weighted by atomic mass is 9.86. The van der Waals surface area contributed by atoms with E-state index in [0.29, 0.717) is 5.41 Å². The lowest BCUT2D eigenvalue weighted by Crippen LogP contribution is -2.06. The van der Waals surface area contributed by atoms with Crippen molar-refractivity contribution in [1.29, 1.82) is 0 Å². The van der Waals surface area contributed by atoms with Crippen molar-refractivity contribution in [3.05, 3.63) is 12.2 Å². The second-order valence-electron chi connectivity index (χ2n) is 8.53. The van der Waals surface area contributed by atoms with Crippen molar-refractivity contribution >= 4 is 0 Å². The Hall–Kier alpha value is -0.260. The van der Waals surface area contributed by atoms with Crippen molar-refractivity contribution in [2.75, 3.05) is 0 Å². The Labute approximate surface area is 154 Å². The van der Waals surface area contributed by atoms with Crippen LogP contribution in [-0.4, -0.2) is 0 Å². The Bertz CT molecular complexity index is 261. The number of allylic oxidation sites excluding steroid dienone is 2. The van der Waals surface area contributed by atoms with Crippen LogP contribution >= 0.6 is 0 Å². The van der Waals surface area contributed by atoms with Crippen LogP contribution in [0.3, 0.4) is 0 Å². The minimum Gasteiger partial charge on any atom is -0.0880 e. The summed E-state index contributed by atoms with van der Waals surface area (Å²) in [6.07, 6.45) is 28.9. The van der Waals surface area contributed by atoms with Gasteiger partial charge in [0.2, 0.25) is 0 Å². The molecule has 0 fully saturated rings. The summed E-state index contributed by atoms with van der Waals surface area (Å²) in [5.74, 6) is 0. The molecular weight excluding hydrogens is 288 g/mol. The molecule has 0 unspecified atom stereocenters. The summed E-state index contributed by atoms with van der Waals surface area (Å²) < 4.78 is 0. The van der Waals surface area contributed by atoms with Gasteiger partial charge in [-0.2, -0.15) is 0 Å². The third-order valence-corrected chi connectivity index (χ3v) is 5.22. The van der Waals surface area contributed by atoms with Crippen LogP contribution in [0.15, 0.2) is 12.2 Å². The van der Waals surface area contributed by atoms with Crippen LogP contribution in [0.1, 0.15) is 137 Å². The van der Waals surface area contributed by atoms with Gasteiger partial charge in [-0.05, 0) is 24.7 Å². The van der Waals surface area contributed by atoms with E-state index in [2.05, 4.69) is 39.8 Å². The van der Waals surface area contributed by atoms with Gasteiger partial charge in [0.15, 0.2) is 0 Å². The molecule has 0 atom stereocenters. The van der Waals surface area contributed by atoms with Crippen LogP contribution in [-0.2, 0) is 0 Å². The average molecular weight is 337 g/mol. The quantitative estimate of drug-likeness (QED) is 0.173. The zero-order valence-electron chi connectivity index (χ0n) is 17.7. The highest BCUT2D eigenvalue weighted by molar-refractivity contribution is 4.94. The van der Waals surface area contributed by atoms with Crippen LogP contribution in [0.25, 0.3) is 0 Å². The highest BCUT2D eigenvalue weighted by Gasteiger charge is 2.12. The number of unbranched alkanes of at least 4 members (excludes halogenated alkanes) is 14. The van der Waals surface area contributed by atoms with E-state index in [1.54, 1.807) is 0 Å². The molecule has 0 N–H and O–H groups in total. The standard InChI is InChI=1S/C24H48/c1-5-7-9-11-13-15-17-19-21-23-24(3,4)22-20-18-16-14-12-10-8-6-2/h20,22H,5-19,21,23H2,1-4H3. The number of hydrogen-bond acceptors (Lipinski definition) is 0. The van der Waals surface area contributed by atoms with Gasteiger partial charge < -0.3 is 0 Å². The van der Waals surface area contributed by atoms with E-state index in [9.17, 15) is 0 Å². The highest BCUT2D eigenvalue weighted by Crippen LogP contribution is 2.26. The smallest absolute Gasteiger partial charge is 0.0175 e. The van der Waals surface area contributed by atoms with E-state index >= 15 is 0 Å². The second-order valence-corrected chi connectivity index (χ2v) is 8.53. The summed E-state index contributed by atoms with van der Waals surface area (Å²) in [5, 5.41) is 0. The molecule has 0 aliphatic heterocycles. The molecule has 0 aromatic rings. The van der Waals surface area contributed by atoms with Crippen molar-refractivity contribution in [2.45, 2.75) is 137 Å². The lowest BCUT2D eigenvalue weighted by molar-refractivity contribution is 0.405. The highest BCUT2D eigenvalue weighted by atomic mass is 14.2. The predicted octanol–water partition coefficient (Wildman–Crippen LogP) is 9.24. The summed E-state index contributed by atoms with van der Waals surface area (Å²) in [6, 6.07) is 0. The molecule has 0 nitrogen and oxygen atoms in total. The number of rotatable bonds is 18. The maximum absolute atomic E-state index is 2.49. The molecule has 0 aromatic heterocycles. The van der Waals surface area contributed by atoms with Crippen molar-refractivity contribution in [3.8, 4) is 0 Å². The molecule has 0 saturated carbocycles. The molecule has 0 radical (unpaired) electrons. The first-order chi connectivity index (χ1) is 11.6. The van der Waals surface area contributed by atoms with Gasteiger partial charge in [-0.15, -0.1) is 0 Å². The largest absolute Gasteiger partial charge is 0.0880 e. The summed E-state index contributed by atoms with van der Waals surface area (Å²) in [7, 11) is 0. The second kappa shape index (κ2) is 17.6. The fourth-order valence-corrected chi connectivity index (χ4v) is 3.42. The van der Waals surface area contributed by atoms with Crippen LogP contribution in [0.4, 0.5) is 0 Å². The SMILES string of the molecule is CCCCCCCCC=CC(C)(C)CCCCCCCCCCC. The summed E-state index contributed by atoms with van der Waals surface area (Å²) >= 11 is 0. The summed E-state index contributed by atoms with van der Waals surface area (Å²) in [4.78, 5) is 0. The minimum absolute atomic E-state index is 0.406. The molecule has 24 heavy (non-hydrogen) atoms. The molecule has 0 aliphatic rings. The molecular formula is C24H48. The third-order valence-electron chi connectivity index (χ3n) is 5.22. The Balaban J connectivity index is 3.45. The lowest BCUT2D eigenvalue weighted by Gasteiger charge is -2.20. The van der Waals surface area contributed by atoms with E-state index in [1.165, 1.54) is 109 Å². The van der Waals surface area contributed by atoms with Gasteiger partial charge in [-0.3, -0.25) is 0 Å². The van der Waals surface area contributed by atoms with Crippen LogP contribution in [0, 0.1) is 5.41 Å². The predicted molar refractivity (Wildman–Crippen MR) is 113 cm³/mol. The van der Waals surface area contributed by atoms with Crippen LogP contribution in [0.5, 0.6) is 0 Å². The Morgan fingerprint density at radius 2 is 0.958 bits per heavy atom. The number of hydrogen-bond donors (Lipinski definition) is 0. The fraction of sp³-hybridized carbons (Fsp3) is 0.917. The molecule has 0 saturated heterocycles. The molecule has 0 rings (SSSR count). The van der Waals surface area contributed by atoms with E-state index < -0.39 is 0 Å². The van der Waals surface area contributed by atoms with Gasteiger partial charge in [-0.25, -0.2) is 0 Å². The topological polar surface area (TPSA) is 0 Å². The van der Waals surface area contributed by atoms with E-state index in [1.807, 2.05) is 0 Å². The first-order valence-corrected chi connectivity index (χ1v) is 11.3. The van der Waals surface area contributed by atoms with E-state index in [4.69, 9.17) is 0 Å². The normalized spacial score (nSPS) is 12.3. The van der Waals surface area contributed by atoms with Gasteiger partial charge in [0, 0.05) is 0 Å². The van der Waals surface area contributed by atoms with Crippen molar-refractivity contribution in [2.24, 2.45) is 5.41 Å². The van der Waals surface area contributed by atoms with Gasteiger partial charge in [0.25, 0.3) is 0 Å². The van der Waals surface area contributed by atoms with Gasteiger partial charge in [0.05, 0.1) is 0 Å². The third kappa shape index (κ3) is 18.1. The average Bonchev–Trinajstić information content (AvgIpc) is 2.55. The molecule has 0 spiro atoms. The van der Waals surface area contributed by atoms with Gasteiger partial charge in [-0.1, -0.05) is 130 Å². The van der Waals surface area contributed by atoms with Crippen molar-refractivity contribution < 1.29 is 0 Å². The first-order valence-electron chi connectivity index (χ1n) is 11.3. The zero-order valence-corrected chi connectivity index (χ0v) is 17.7. The van der Waals surface area contributed by atoms with Gasteiger partial charge in [0.1, 0.15) is 0 Å². The molecule has 0 aliphatic carbocycles. The Morgan fingerprint density at radius 3 is 1.46 bits per heavy atom. The molecule has 0 bridgehead atoms. The molecule has 144 valence electrons. The maximum Gasteiger partial charge on any atom is -0.0175 e. The maximum atomic E-state index is 2.49. The molecule has 0 amide bonds.